The van der Waals surface area contributed by atoms with E-state index in [0.29, 0.717) is 37.5 Å². The molecule has 2 N–H and O–H groups in total. The van der Waals surface area contributed by atoms with E-state index in [2.05, 4.69) is 10.2 Å². The Kier molecular flexibility index (Phi) is 8.70. The number of aliphatic hydroxyl groups is 1. The Hall–Kier alpha value is -2.61. The van der Waals surface area contributed by atoms with Crippen LogP contribution in [0.4, 0.5) is 0 Å². The lowest BCUT2D eigenvalue weighted by atomic mass is 10.1. The summed E-state index contributed by atoms with van der Waals surface area (Å²) in [6.45, 7) is 3.20. The van der Waals surface area contributed by atoms with E-state index < -0.39 is 6.10 Å². The van der Waals surface area contributed by atoms with Crippen LogP contribution < -0.4 is 14.8 Å². The molecule has 0 radical (unpaired) electrons. The minimum Gasteiger partial charge on any atom is -0.497 e. The average molecular weight is 429 g/mol. The van der Waals surface area contributed by atoms with Crippen molar-refractivity contribution >= 4 is 5.91 Å². The van der Waals surface area contributed by atoms with Gasteiger partial charge in [-0.05, 0) is 61.3 Å². The molecule has 2 atom stereocenters. The number of hydrogen-bond acceptors (Lipinski definition) is 6. The van der Waals surface area contributed by atoms with Gasteiger partial charge in [-0.25, -0.2) is 0 Å². The van der Waals surface area contributed by atoms with Crippen molar-refractivity contribution in [2.75, 3.05) is 40.5 Å². The van der Waals surface area contributed by atoms with Crippen LogP contribution >= 0.6 is 0 Å². The largest absolute Gasteiger partial charge is 0.497 e. The Morgan fingerprint density at radius 1 is 1.06 bits per heavy atom. The highest BCUT2D eigenvalue weighted by Gasteiger charge is 2.27. The third-order valence-corrected chi connectivity index (χ3v) is 5.45. The Labute approximate surface area is 183 Å². The molecule has 1 aliphatic heterocycles. The first kappa shape index (κ1) is 23.1. The zero-order valence-electron chi connectivity index (χ0n) is 18.3. The van der Waals surface area contributed by atoms with Gasteiger partial charge < -0.3 is 24.6 Å². The number of hydrogen-bond donors (Lipinski definition) is 2. The van der Waals surface area contributed by atoms with Crippen LogP contribution in [0.15, 0.2) is 48.5 Å². The van der Waals surface area contributed by atoms with Crippen molar-refractivity contribution in [3.05, 3.63) is 59.7 Å². The fourth-order valence-electron chi connectivity index (χ4n) is 3.69. The molecule has 1 aliphatic rings. The maximum absolute atomic E-state index is 12.8. The van der Waals surface area contributed by atoms with Crippen LogP contribution in [0.1, 0.15) is 28.8 Å². The first-order valence-corrected chi connectivity index (χ1v) is 10.6. The van der Waals surface area contributed by atoms with Crippen molar-refractivity contribution in [2.45, 2.75) is 31.5 Å². The van der Waals surface area contributed by atoms with E-state index in [-0.39, 0.29) is 11.9 Å². The summed E-state index contributed by atoms with van der Waals surface area (Å²) in [6, 6.07) is 14.7. The summed E-state index contributed by atoms with van der Waals surface area (Å²) >= 11 is 0. The van der Waals surface area contributed by atoms with Crippen molar-refractivity contribution in [1.82, 2.24) is 10.2 Å². The van der Waals surface area contributed by atoms with Gasteiger partial charge in [-0.3, -0.25) is 9.69 Å². The van der Waals surface area contributed by atoms with Gasteiger partial charge >= 0.3 is 0 Å². The predicted molar refractivity (Wildman–Crippen MR) is 119 cm³/mol. The number of nitrogens with one attached hydrogen (secondary N) is 1. The number of aliphatic hydroxyl groups excluding tert-OH is 1. The van der Waals surface area contributed by atoms with Crippen LogP contribution in [0.25, 0.3) is 0 Å². The molecule has 1 saturated heterocycles. The van der Waals surface area contributed by atoms with Gasteiger partial charge in [-0.2, -0.15) is 0 Å². The monoisotopic (exact) mass is 428 g/mol. The lowest BCUT2D eigenvalue weighted by Gasteiger charge is -2.27. The van der Waals surface area contributed by atoms with E-state index in [1.807, 2.05) is 24.3 Å². The van der Waals surface area contributed by atoms with Gasteiger partial charge in [-0.1, -0.05) is 12.1 Å². The molecular formula is C24H32N2O5. The van der Waals surface area contributed by atoms with E-state index in [4.69, 9.17) is 14.2 Å². The molecule has 168 valence electrons. The quantitative estimate of drug-likeness (QED) is 0.598. The maximum Gasteiger partial charge on any atom is 0.251 e. The van der Waals surface area contributed by atoms with E-state index in [0.717, 1.165) is 25.3 Å². The maximum atomic E-state index is 12.8. The second-order valence-corrected chi connectivity index (χ2v) is 7.74. The number of benzene rings is 2. The Bertz CT molecular complexity index is 810. The lowest BCUT2D eigenvalue weighted by Crippen LogP contribution is -2.48. The molecular weight excluding hydrogens is 396 g/mol. The molecule has 7 nitrogen and oxygen atoms in total. The third kappa shape index (κ3) is 6.95. The fraction of sp³-hybridized carbons (Fsp3) is 0.458. The van der Waals surface area contributed by atoms with Crippen LogP contribution in [0.5, 0.6) is 11.5 Å². The second kappa shape index (κ2) is 11.7. The Morgan fingerprint density at radius 3 is 2.45 bits per heavy atom. The first-order chi connectivity index (χ1) is 15.1. The zero-order valence-corrected chi connectivity index (χ0v) is 18.3. The molecule has 0 aromatic heterocycles. The molecule has 0 spiro atoms. The summed E-state index contributed by atoms with van der Waals surface area (Å²) in [5, 5.41) is 13.6. The Morgan fingerprint density at radius 2 is 1.77 bits per heavy atom. The second-order valence-electron chi connectivity index (χ2n) is 7.74. The lowest BCUT2D eigenvalue weighted by molar-refractivity contribution is 0.0798. The van der Waals surface area contributed by atoms with Gasteiger partial charge in [0.15, 0.2) is 0 Å². The number of likely N-dealkylation sites (tertiary alicyclic amines) is 1. The van der Waals surface area contributed by atoms with Crippen LogP contribution in [0.3, 0.4) is 0 Å². The molecule has 1 heterocycles. The summed E-state index contributed by atoms with van der Waals surface area (Å²) in [5.74, 6) is 1.32. The van der Waals surface area contributed by atoms with E-state index >= 15 is 0 Å². The number of nitrogens with zero attached hydrogens (tertiary/aromatic N) is 1. The first-order valence-electron chi connectivity index (χ1n) is 10.6. The van der Waals surface area contributed by atoms with Crippen LogP contribution in [-0.4, -0.2) is 68.6 Å². The summed E-state index contributed by atoms with van der Waals surface area (Å²) in [5.41, 5.74) is 1.71. The van der Waals surface area contributed by atoms with Crippen molar-refractivity contribution in [2.24, 2.45) is 0 Å². The van der Waals surface area contributed by atoms with Gasteiger partial charge in [-0.15, -0.1) is 0 Å². The number of amides is 1. The van der Waals surface area contributed by atoms with E-state index in [9.17, 15) is 9.90 Å². The number of methoxy groups -OCH3 is 2. The normalized spacial score (nSPS) is 19.5. The average Bonchev–Trinajstić information content (AvgIpc) is 2.96. The van der Waals surface area contributed by atoms with Crippen LogP contribution in [0, 0.1) is 0 Å². The van der Waals surface area contributed by atoms with Gasteiger partial charge in [0.05, 0.1) is 25.9 Å². The molecule has 0 saturated carbocycles. The number of carbonyl (C=O) groups is 1. The summed E-state index contributed by atoms with van der Waals surface area (Å²) < 4.78 is 15.7. The van der Waals surface area contributed by atoms with Gasteiger partial charge in [0, 0.05) is 25.8 Å². The highest BCUT2D eigenvalue weighted by atomic mass is 16.5. The molecule has 31 heavy (non-hydrogen) atoms. The molecule has 0 aliphatic carbocycles. The number of carbonyl (C=O) groups excluding carboxylic acids is 1. The van der Waals surface area contributed by atoms with Crippen molar-refractivity contribution in [1.29, 1.82) is 0 Å². The fourth-order valence-corrected chi connectivity index (χ4v) is 3.69. The minimum absolute atomic E-state index is 0.196. The highest BCUT2D eigenvalue weighted by Crippen LogP contribution is 2.18. The van der Waals surface area contributed by atoms with E-state index in [1.54, 1.807) is 38.5 Å². The molecule has 1 fully saturated rings. The van der Waals surface area contributed by atoms with Crippen molar-refractivity contribution in [3.8, 4) is 11.5 Å². The van der Waals surface area contributed by atoms with Crippen LogP contribution in [0.2, 0.25) is 0 Å². The molecule has 1 amide bonds. The molecule has 3 rings (SSSR count). The number of ether oxygens (including phenoxy) is 3. The minimum atomic E-state index is -0.568. The number of rotatable bonds is 9. The third-order valence-electron chi connectivity index (χ3n) is 5.45. The molecule has 0 bridgehead atoms. The summed E-state index contributed by atoms with van der Waals surface area (Å²) in [6.07, 6.45) is 0.981. The molecule has 2 aromatic carbocycles. The smallest absolute Gasteiger partial charge is 0.251 e. The van der Waals surface area contributed by atoms with Gasteiger partial charge in [0.2, 0.25) is 0 Å². The molecule has 0 unspecified atom stereocenters. The standard InChI is InChI=1S/C24H32N2O5/c1-29-14-15-31-21-11-7-19(8-12-21)24(28)25-22-17-26(13-3-4-23(22)27)16-18-5-9-20(30-2)10-6-18/h5-12,22-23,27H,3-4,13-17H2,1-2H3,(H,25,28)/t22-,23+/m0/s1. The van der Waals surface area contributed by atoms with E-state index in [1.165, 1.54) is 5.56 Å². The van der Waals surface area contributed by atoms with Gasteiger partial charge in [0.1, 0.15) is 18.1 Å². The molecule has 2 aromatic rings. The molecule has 7 heteroatoms. The summed E-state index contributed by atoms with van der Waals surface area (Å²) in [4.78, 5) is 15.0. The van der Waals surface area contributed by atoms with Crippen molar-refractivity contribution < 1.29 is 24.1 Å². The Balaban J connectivity index is 1.58. The SMILES string of the molecule is COCCOc1ccc(C(=O)N[C@H]2CN(Cc3ccc(OC)cc3)CCC[C@H]2O)cc1. The topological polar surface area (TPSA) is 80.3 Å². The van der Waals surface area contributed by atoms with Crippen molar-refractivity contribution in [3.63, 3.8) is 0 Å². The highest BCUT2D eigenvalue weighted by molar-refractivity contribution is 5.94. The summed E-state index contributed by atoms with van der Waals surface area (Å²) in [7, 11) is 3.28. The predicted octanol–water partition coefficient (Wildman–Crippen LogP) is 2.48. The van der Waals surface area contributed by atoms with Gasteiger partial charge in [0.25, 0.3) is 5.91 Å². The van der Waals surface area contributed by atoms with Crippen LogP contribution in [-0.2, 0) is 11.3 Å². The zero-order chi connectivity index (χ0) is 22.1.